The quantitative estimate of drug-likeness (QED) is 0.311. The zero-order valence-electron chi connectivity index (χ0n) is 14.4. The Bertz CT molecular complexity index is 841. The van der Waals surface area contributed by atoms with Crippen molar-refractivity contribution in [2.24, 2.45) is 0 Å². The van der Waals surface area contributed by atoms with Crippen LogP contribution in [0.25, 0.3) is 0 Å². The Balaban J connectivity index is 0.000000387. The fraction of sp³-hybridized carbons (Fsp3) is 0.250. The molecule has 0 aliphatic heterocycles. The van der Waals surface area contributed by atoms with E-state index in [0.29, 0.717) is 11.5 Å². The van der Waals surface area contributed by atoms with Crippen molar-refractivity contribution in [3.8, 4) is 17.2 Å². The highest BCUT2D eigenvalue weighted by atomic mass is 127. The summed E-state index contributed by atoms with van der Waals surface area (Å²) in [6.45, 7) is 0. The minimum atomic E-state index is -6.09. The normalized spacial score (nSPS) is 11.2. The van der Waals surface area contributed by atoms with Crippen LogP contribution >= 0.6 is 0 Å². The summed E-state index contributed by atoms with van der Waals surface area (Å²) < 4.78 is 77.6. The number of hydrogen-bond donors (Lipinski definition) is 0. The Hall–Kier alpha value is -1.73. The van der Waals surface area contributed by atoms with E-state index in [9.17, 15) is 13.2 Å². The molecule has 0 radical (unpaired) electrons. The molecule has 11 heteroatoms. The average Bonchev–Trinajstić information content (AvgIpc) is 2.60. The van der Waals surface area contributed by atoms with Gasteiger partial charge in [-0.05, 0) is 24.3 Å². The SMILES string of the molecule is COc1ccc([I+]c2ccccc2)c(OC)c1OC.O=S(=O)([O-])C(F)(F)F. The van der Waals surface area contributed by atoms with E-state index in [4.69, 9.17) is 27.2 Å². The fourth-order valence-corrected chi connectivity index (χ4v) is 4.25. The number of benzene rings is 2. The molecular formula is C16H16F3IO6S. The molecule has 150 valence electrons. The molecule has 0 heterocycles. The van der Waals surface area contributed by atoms with Gasteiger partial charge in [0.15, 0.2) is 19.4 Å². The molecule has 0 aliphatic rings. The van der Waals surface area contributed by atoms with Crippen LogP contribution in [0.5, 0.6) is 17.2 Å². The second-order valence-corrected chi connectivity index (χ2v) is 8.92. The van der Waals surface area contributed by atoms with Crippen LogP contribution in [-0.2, 0) is 10.1 Å². The summed E-state index contributed by atoms with van der Waals surface area (Å²) in [6.07, 6.45) is 0. The third-order valence-corrected chi connectivity index (χ3v) is 6.22. The first-order valence-corrected chi connectivity index (χ1v) is 10.6. The molecule has 2 aromatic carbocycles. The van der Waals surface area contributed by atoms with Crippen molar-refractivity contribution >= 4 is 10.1 Å². The standard InChI is InChI=1S/C15H16IO3.CHF3O3S/c1-17-13-10-9-12(14(18-2)15(13)19-3)16-11-7-5-4-6-8-11;2-1(3,4)8(5,6)7/h4-10H,1-3H3;(H,5,6,7)/q+1;/p-1. The van der Waals surface area contributed by atoms with Crippen LogP contribution in [0, 0.1) is 7.14 Å². The second kappa shape index (κ2) is 9.99. The zero-order chi connectivity index (χ0) is 20.7. The van der Waals surface area contributed by atoms with Crippen LogP contribution in [0.15, 0.2) is 42.5 Å². The topological polar surface area (TPSA) is 84.9 Å². The van der Waals surface area contributed by atoms with E-state index in [-0.39, 0.29) is 21.2 Å². The minimum absolute atomic E-state index is 0.301. The van der Waals surface area contributed by atoms with Gasteiger partial charge in [-0.2, -0.15) is 13.2 Å². The van der Waals surface area contributed by atoms with E-state index < -0.39 is 15.6 Å². The molecule has 0 aromatic heterocycles. The summed E-state index contributed by atoms with van der Waals surface area (Å²) in [5.41, 5.74) is -5.65. The maximum absolute atomic E-state index is 10.7. The van der Waals surface area contributed by atoms with Gasteiger partial charge in [-0.15, -0.1) is 0 Å². The summed E-state index contributed by atoms with van der Waals surface area (Å²) in [6, 6.07) is 14.4. The molecule has 0 saturated heterocycles. The Morgan fingerprint density at radius 1 is 0.889 bits per heavy atom. The molecule has 0 unspecified atom stereocenters. The Kier molecular flexibility index (Phi) is 8.62. The van der Waals surface area contributed by atoms with Gasteiger partial charge in [0.25, 0.3) is 0 Å². The van der Waals surface area contributed by atoms with E-state index in [1.165, 1.54) is 7.14 Å². The van der Waals surface area contributed by atoms with Crippen molar-refractivity contribution in [3.05, 3.63) is 49.6 Å². The number of hydrogen-bond acceptors (Lipinski definition) is 6. The predicted molar refractivity (Wildman–Crippen MR) is 85.7 cm³/mol. The monoisotopic (exact) mass is 520 g/mol. The molecule has 6 nitrogen and oxygen atoms in total. The van der Waals surface area contributed by atoms with Gasteiger partial charge < -0.3 is 18.8 Å². The Morgan fingerprint density at radius 2 is 1.41 bits per heavy atom. The molecular weight excluding hydrogens is 504 g/mol. The number of ether oxygens (including phenoxy) is 3. The number of alkyl halides is 3. The van der Waals surface area contributed by atoms with Crippen LogP contribution in [0.2, 0.25) is 0 Å². The number of rotatable bonds is 5. The van der Waals surface area contributed by atoms with Crippen molar-refractivity contribution in [2.45, 2.75) is 5.51 Å². The molecule has 0 atom stereocenters. The Morgan fingerprint density at radius 3 is 1.81 bits per heavy atom. The smallest absolute Gasteiger partial charge is 0.485 e. The number of halogens is 4. The van der Waals surface area contributed by atoms with Gasteiger partial charge in [0, 0.05) is 0 Å². The van der Waals surface area contributed by atoms with Crippen LogP contribution < -0.4 is 35.4 Å². The van der Waals surface area contributed by atoms with Gasteiger partial charge >= 0.3 is 26.7 Å². The average molecular weight is 520 g/mol. The lowest BCUT2D eigenvalue weighted by Gasteiger charge is -2.10. The molecule has 2 rings (SSSR count). The van der Waals surface area contributed by atoms with Gasteiger partial charge in [-0.3, -0.25) is 0 Å². The Labute approximate surface area is 165 Å². The minimum Gasteiger partial charge on any atom is -0.741 e. The van der Waals surface area contributed by atoms with Crippen LogP contribution in [0.4, 0.5) is 13.2 Å². The lowest BCUT2D eigenvalue weighted by atomic mass is 10.3. The van der Waals surface area contributed by atoms with Crippen molar-refractivity contribution in [2.75, 3.05) is 21.3 Å². The molecule has 27 heavy (non-hydrogen) atoms. The maximum atomic E-state index is 10.7. The van der Waals surface area contributed by atoms with E-state index in [1.54, 1.807) is 21.3 Å². The van der Waals surface area contributed by atoms with Crippen molar-refractivity contribution in [1.29, 1.82) is 0 Å². The van der Waals surface area contributed by atoms with E-state index in [0.717, 1.165) is 5.75 Å². The van der Waals surface area contributed by atoms with E-state index in [1.807, 2.05) is 12.1 Å². The largest absolute Gasteiger partial charge is 0.741 e. The zero-order valence-corrected chi connectivity index (χ0v) is 17.4. The molecule has 0 fully saturated rings. The molecule has 2 aromatic rings. The van der Waals surface area contributed by atoms with Crippen molar-refractivity contribution in [3.63, 3.8) is 0 Å². The predicted octanol–water partition coefficient (Wildman–Crippen LogP) is -0.108. The molecule has 0 aliphatic carbocycles. The highest BCUT2D eigenvalue weighted by Crippen LogP contribution is 2.36. The molecule has 0 bridgehead atoms. The third kappa shape index (κ3) is 6.74. The van der Waals surface area contributed by atoms with E-state index >= 15 is 0 Å². The van der Waals surface area contributed by atoms with Gasteiger partial charge in [0.05, 0.1) is 21.3 Å². The summed E-state index contributed by atoms with van der Waals surface area (Å²) in [4.78, 5) is 0. The highest BCUT2D eigenvalue weighted by molar-refractivity contribution is 7.86. The first-order chi connectivity index (χ1) is 12.5. The lowest BCUT2D eigenvalue weighted by Crippen LogP contribution is -3.61. The number of methoxy groups -OCH3 is 3. The molecule has 0 saturated carbocycles. The van der Waals surface area contributed by atoms with Gasteiger partial charge in [0.1, 0.15) is 0 Å². The van der Waals surface area contributed by atoms with E-state index in [2.05, 4.69) is 30.3 Å². The third-order valence-electron chi connectivity index (χ3n) is 2.88. The fourth-order valence-electron chi connectivity index (χ4n) is 1.73. The van der Waals surface area contributed by atoms with Crippen LogP contribution in [0.3, 0.4) is 0 Å². The summed E-state index contributed by atoms with van der Waals surface area (Å²) in [5.74, 6) is 2.14. The first-order valence-electron chi connectivity index (χ1n) is 7.06. The highest BCUT2D eigenvalue weighted by Gasteiger charge is 2.36. The van der Waals surface area contributed by atoms with Crippen LogP contribution in [0.1, 0.15) is 0 Å². The summed E-state index contributed by atoms with van der Waals surface area (Å²) >= 11 is -0.301. The van der Waals surface area contributed by atoms with Gasteiger partial charge in [-0.25, -0.2) is 8.42 Å². The molecule has 0 N–H and O–H groups in total. The summed E-state index contributed by atoms with van der Waals surface area (Å²) in [7, 11) is -1.17. The van der Waals surface area contributed by atoms with Crippen molar-refractivity contribution < 1.29 is 61.6 Å². The van der Waals surface area contributed by atoms with Gasteiger partial charge in [0.2, 0.25) is 15.1 Å². The molecule has 0 spiro atoms. The molecule has 0 amide bonds. The van der Waals surface area contributed by atoms with Crippen molar-refractivity contribution in [1.82, 2.24) is 0 Å². The maximum Gasteiger partial charge on any atom is 0.485 e. The second-order valence-electron chi connectivity index (χ2n) is 4.61. The first kappa shape index (κ1) is 23.3. The lowest BCUT2D eigenvalue weighted by molar-refractivity contribution is -0.598. The van der Waals surface area contributed by atoms with Crippen LogP contribution in [-0.4, -0.2) is 39.8 Å². The summed E-state index contributed by atoms with van der Waals surface area (Å²) in [5, 5.41) is 0. The van der Waals surface area contributed by atoms with Gasteiger partial charge in [-0.1, -0.05) is 18.2 Å².